The van der Waals surface area contributed by atoms with Crippen molar-refractivity contribution in [2.24, 2.45) is 0 Å². The normalized spacial score (nSPS) is 14.7. The molecule has 0 aromatic heterocycles. The first-order chi connectivity index (χ1) is 18.0. The van der Waals surface area contributed by atoms with E-state index in [1.807, 2.05) is 18.2 Å². The SMILES string of the molecule is COc1ccc(-c2ccc3cc(OC)ccc3c2Cc2ccc(OCCN3CCCC3(C)C)cc2)cc1.Cl. The van der Waals surface area contributed by atoms with Crippen molar-refractivity contribution in [2.75, 3.05) is 33.9 Å². The van der Waals surface area contributed by atoms with Crippen LogP contribution in [0.25, 0.3) is 21.9 Å². The highest BCUT2D eigenvalue weighted by Crippen LogP contribution is 2.35. The van der Waals surface area contributed by atoms with Gasteiger partial charge < -0.3 is 14.2 Å². The summed E-state index contributed by atoms with van der Waals surface area (Å²) in [6.45, 7) is 7.52. The lowest BCUT2D eigenvalue weighted by molar-refractivity contribution is 0.143. The summed E-state index contributed by atoms with van der Waals surface area (Å²) < 4.78 is 17.0. The first-order valence-corrected chi connectivity index (χ1v) is 13.2. The van der Waals surface area contributed by atoms with Crippen LogP contribution in [0, 0.1) is 0 Å². The minimum atomic E-state index is 0. The quantitative estimate of drug-likeness (QED) is 0.220. The lowest BCUT2D eigenvalue weighted by atomic mass is 9.90. The van der Waals surface area contributed by atoms with Gasteiger partial charge in [0.05, 0.1) is 14.2 Å². The Balaban J connectivity index is 0.00000336. The molecule has 0 atom stereocenters. The first kappa shape index (κ1) is 27.8. The molecular weight excluding hydrogens is 494 g/mol. The van der Waals surface area contributed by atoms with Gasteiger partial charge in [-0.15, -0.1) is 12.4 Å². The summed E-state index contributed by atoms with van der Waals surface area (Å²) in [5.74, 6) is 2.66. The molecule has 0 bridgehead atoms. The van der Waals surface area contributed by atoms with Crippen LogP contribution in [0.1, 0.15) is 37.8 Å². The molecule has 5 rings (SSSR count). The molecule has 0 N–H and O–H groups in total. The molecule has 1 heterocycles. The number of hydrogen-bond acceptors (Lipinski definition) is 4. The van der Waals surface area contributed by atoms with Crippen LogP contribution in [0.2, 0.25) is 0 Å². The molecule has 5 heteroatoms. The minimum absolute atomic E-state index is 0. The molecule has 1 aliphatic heterocycles. The summed E-state index contributed by atoms with van der Waals surface area (Å²) in [6.07, 6.45) is 3.37. The number of halogens is 1. The van der Waals surface area contributed by atoms with Gasteiger partial charge in [-0.1, -0.05) is 42.5 Å². The Bertz CT molecular complexity index is 1350. The highest BCUT2D eigenvalue weighted by molar-refractivity contribution is 5.93. The topological polar surface area (TPSA) is 30.9 Å². The van der Waals surface area contributed by atoms with Crippen molar-refractivity contribution in [1.29, 1.82) is 0 Å². The van der Waals surface area contributed by atoms with E-state index in [4.69, 9.17) is 14.2 Å². The van der Waals surface area contributed by atoms with Crippen molar-refractivity contribution in [2.45, 2.75) is 38.6 Å². The predicted molar refractivity (Wildman–Crippen MR) is 159 cm³/mol. The monoisotopic (exact) mass is 531 g/mol. The van der Waals surface area contributed by atoms with Crippen molar-refractivity contribution in [1.82, 2.24) is 4.90 Å². The average Bonchev–Trinajstić information content (AvgIpc) is 3.27. The van der Waals surface area contributed by atoms with Gasteiger partial charge in [-0.05, 0) is 109 Å². The Labute approximate surface area is 232 Å². The molecule has 38 heavy (non-hydrogen) atoms. The summed E-state index contributed by atoms with van der Waals surface area (Å²) in [5, 5.41) is 2.42. The van der Waals surface area contributed by atoms with Gasteiger partial charge in [-0.25, -0.2) is 0 Å². The molecule has 4 aromatic rings. The van der Waals surface area contributed by atoms with Gasteiger partial charge in [0.1, 0.15) is 23.9 Å². The van der Waals surface area contributed by atoms with Crippen LogP contribution < -0.4 is 14.2 Å². The van der Waals surface area contributed by atoms with Crippen molar-refractivity contribution in [3.05, 3.63) is 90.0 Å². The van der Waals surface area contributed by atoms with Crippen LogP contribution in [0.15, 0.2) is 78.9 Å². The van der Waals surface area contributed by atoms with Gasteiger partial charge in [0, 0.05) is 12.1 Å². The van der Waals surface area contributed by atoms with E-state index in [0.717, 1.165) is 36.8 Å². The zero-order valence-electron chi connectivity index (χ0n) is 22.8. The number of fused-ring (bicyclic) bond motifs is 1. The number of nitrogens with zero attached hydrogens (tertiary/aromatic N) is 1. The standard InChI is InChI=1S/C33H37NO3.ClH/c1-33(2)18-5-19-34(33)20-21-37-28-11-6-24(7-12-28)22-32-30(25-8-13-27(35-3)14-9-25)16-10-26-23-29(36-4)15-17-31(26)32;/h6-17,23H,5,18-22H2,1-4H3;1H. The van der Waals surface area contributed by atoms with Crippen molar-refractivity contribution in [3.8, 4) is 28.4 Å². The minimum Gasteiger partial charge on any atom is -0.497 e. The van der Waals surface area contributed by atoms with Crippen molar-refractivity contribution in [3.63, 3.8) is 0 Å². The molecule has 4 nitrogen and oxygen atoms in total. The lowest BCUT2D eigenvalue weighted by Crippen LogP contribution is -2.40. The van der Waals surface area contributed by atoms with Crippen molar-refractivity contribution >= 4 is 23.2 Å². The largest absolute Gasteiger partial charge is 0.497 e. The number of rotatable bonds is 9. The van der Waals surface area contributed by atoms with E-state index in [2.05, 4.69) is 79.4 Å². The van der Waals surface area contributed by atoms with Crippen LogP contribution in [-0.4, -0.2) is 44.4 Å². The van der Waals surface area contributed by atoms with E-state index in [1.54, 1.807) is 14.2 Å². The fraction of sp³-hybridized carbons (Fsp3) is 0.333. The summed E-state index contributed by atoms with van der Waals surface area (Å²) in [5.41, 5.74) is 5.26. The second-order valence-corrected chi connectivity index (χ2v) is 10.5. The van der Waals surface area contributed by atoms with Gasteiger partial charge in [-0.3, -0.25) is 4.90 Å². The highest BCUT2D eigenvalue weighted by Gasteiger charge is 2.31. The molecule has 0 aliphatic carbocycles. The lowest BCUT2D eigenvalue weighted by Gasteiger charge is -2.31. The van der Waals surface area contributed by atoms with Gasteiger partial charge in [0.2, 0.25) is 0 Å². The fourth-order valence-electron chi connectivity index (χ4n) is 5.49. The fourth-order valence-corrected chi connectivity index (χ4v) is 5.49. The Hall–Kier alpha value is -3.21. The molecule has 0 amide bonds. The average molecular weight is 532 g/mol. The maximum absolute atomic E-state index is 6.11. The van der Waals surface area contributed by atoms with E-state index in [0.29, 0.717) is 0 Å². The molecule has 1 saturated heterocycles. The number of hydrogen-bond donors (Lipinski definition) is 0. The number of likely N-dealkylation sites (tertiary alicyclic amines) is 1. The first-order valence-electron chi connectivity index (χ1n) is 13.2. The third kappa shape index (κ3) is 6.09. The van der Waals surface area contributed by atoms with E-state index in [9.17, 15) is 0 Å². The second kappa shape index (κ2) is 12.1. The Morgan fingerprint density at radius 2 is 1.47 bits per heavy atom. The molecular formula is C33H38ClNO3. The highest BCUT2D eigenvalue weighted by atomic mass is 35.5. The number of methoxy groups -OCH3 is 2. The summed E-state index contributed by atoms with van der Waals surface area (Å²) in [7, 11) is 3.41. The van der Waals surface area contributed by atoms with Gasteiger partial charge in [0.15, 0.2) is 0 Å². The maximum Gasteiger partial charge on any atom is 0.119 e. The van der Waals surface area contributed by atoms with E-state index < -0.39 is 0 Å². The Morgan fingerprint density at radius 1 is 0.789 bits per heavy atom. The molecule has 0 unspecified atom stereocenters. The van der Waals surface area contributed by atoms with E-state index >= 15 is 0 Å². The van der Waals surface area contributed by atoms with Gasteiger partial charge >= 0.3 is 0 Å². The third-order valence-electron chi connectivity index (χ3n) is 7.75. The summed E-state index contributed by atoms with van der Waals surface area (Å²) in [6, 6.07) is 27.6. The smallest absolute Gasteiger partial charge is 0.119 e. The van der Waals surface area contributed by atoms with E-state index in [1.165, 1.54) is 52.4 Å². The second-order valence-electron chi connectivity index (χ2n) is 10.5. The summed E-state index contributed by atoms with van der Waals surface area (Å²) in [4.78, 5) is 2.54. The zero-order valence-corrected chi connectivity index (χ0v) is 23.6. The summed E-state index contributed by atoms with van der Waals surface area (Å²) >= 11 is 0. The molecule has 1 fully saturated rings. The van der Waals surface area contributed by atoms with Crippen molar-refractivity contribution < 1.29 is 14.2 Å². The third-order valence-corrected chi connectivity index (χ3v) is 7.75. The molecule has 4 aromatic carbocycles. The van der Waals surface area contributed by atoms with E-state index in [-0.39, 0.29) is 17.9 Å². The van der Waals surface area contributed by atoms with Crippen LogP contribution in [0.3, 0.4) is 0 Å². The molecule has 0 saturated carbocycles. The predicted octanol–water partition coefficient (Wildman–Crippen LogP) is 7.79. The molecule has 0 spiro atoms. The molecule has 200 valence electrons. The number of benzene rings is 4. The van der Waals surface area contributed by atoms with Crippen LogP contribution in [0.5, 0.6) is 17.2 Å². The van der Waals surface area contributed by atoms with Crippen LogP contribution >= 0.6 is 12.4 Å². The molecule has 0 radical (unpaired) electrons. The van der Waals surface area contributed by atoms with Crippen LogP contribution in [-0.2, 0) is 6.42 Å². The maximum atomic E-state index is 6.11. The Kier molecular flexibility index (Phi) is 8.86. The Morgan fingerprint density at radius 3 is 2.13 bits per heavy atom. The zero-order chi connectivity index (χ0) is 25.8. The van der Waals surface area contributed by atoms with Gasteiger partial charge in [0.25, 0.3) is 0 Å². The number of ether oxygens (including phenoxy) is 3. The van der Waals surface area contributed by atoms with Gasteiger partial charge in [-0.2, -0.15) is 0 Å². The van der Waals surface area contributed by atoms with Crippen LogP contribution in [0.4, 0.5) is 0 Å². The molecule has 1 aliphatic rings.